The lowest BCUT2D eigenvalue weighted by atomic mass is 10.2. The maximum absolute atomic E-state index is 3.97. The molecule has 0 aliphatic heterocycles. The molecule has 0 unspecified atom stereocenters. The Bertz CT molecular complexity index is 488. The number of rotatable bonds is 4. The smallest absolute Gasteiger partial charge is 0.0273 e. The minimum Gasteiger partial charge on any atom is -0.265 e. The predicted molar refractivity (Wildman–Crippen MR) is 75.7 cm³/mol. The number of hydrogen-bond acceptors (Lipinski definition) is 2. The summed E-state index contributed by atoms with van der Waals surface area (Å²) >= 11 is 0. The van der Waals surface area contributed by atoms with E-state index in [1.54, 1.807) is 24.8 Å². The van der Waals surface area contributed by atoms with Gasteiger partial charge in [-0.15, -0.1) is 0 Å². The molecule has 2 aromatic heterocycles. The van der Waals surface area contributed by atoms with E-state index in [9.17, 15) is 0 Å². The zero-order valence-electron chi connectivity index (χ0n) is 9.98. The largest absolute Gasteiger partial charge is 0.265 e. The molecule has 0 aromatic carbocycles. The summed E-state index contributed by atoms with van der Waals surface area (Å²) in [6.45, 7) is 0. The lowest BCUT2D eigenvalue weighted by Gasteiger charge is -1.88. The van der Waals surface area contributed by atoms with Crippen molar-refractivity contribution in [2.24, 2.45) is 0 Å². The quantitative estimate of drug-likeness (QED) is 0.753. The van der Waals surface area contributed by atoms with Gasteiger partial charge in [0.15, 0.2) is 0 Å². The maximum atomic E-state index is 3.97. The van der Waals surface area contributed by atoms with E-state index in [1.165, 1.54) is 0 Å². The summed E-state index contributed by atoms with van der Waals surface area (Å²) in [6, 6.07) is 7.88. The van der Waals surface area contributed by atoms with E-state index in [1.807, 2.05) is 60.7 Å². The minimum atomic E-state index is 1.15. The van der Waals surface area contributed by atoms with Crippen molar-refractivity contribution in [2.45, 2.75) is 0 Å². The van der Waals surface area contributed by atoms with E-state index in [2.05, 4.69) is 9.97 Å². The molecule has 18 heavy (non-hydrogen) atoms. The number of hydrogen-bond donors (Lipinski definition) is 0. The average molecular weight is 234 g/mol. The first-order chi connectivity index (χ1) is 8.95. The Morgan fingerprint density at radius 3 is 1.33 bits per heavy atom. The van der Waals surface area contributed by atoms with Crippen LogP contribution in [0, 0.1) is 0 Å². The molecule has 0 aliphatic rings. The van der Waals surface area contributed by atoms with Crippen LogP contribution in [-0.4, -0.2) is 9.97 Å². The molecule has 0 radical (unpaired) electrons. The normalized spacial score (nSPS) is 11.8. The molecule has 0 bridgehead atoms. The van der Waals surface area contributed by atoms with Gasteiger partial charge in [-0.25, -0.2) is 0 Å². The molecule has 0 saturated carbocycles. The van der Waals surface area contributed by atoms with Gasteiger partial charge in [0.1, 0.15) is 0 Å². The third-order valence-corrected chi connectivity index (χ3v) is 2.32. The van der Waals surface area contributed by atoms with Crippen LogP contribution >= 0.6 is 0 Å². The number of allylic oxidation sites excluding steroid dienone is 4. The summed E-state index contributed by atoms with van der Waals surface area (Å²) in [4.78, 5) is 7.94. The number of pyridine rings is 2. The molecule has 0 N–H and O–H groups in total. The van der Waals surface area contributed by atoms with Crippen LogP contribution in [0.2, 0.25) is 0 Å². The van der Waals surface area contributed by atoms with Gasteiger partial charge in [-0.2, -0.15) is 0 Å². The summed E-state index contributed by atoms with van der Waals surface area (Å²) in [7, 11) is 0. The van der Waals surface area contributed by atoms with Crippen molar-refractivity contribution in [3.8, 4) is 0 Å². The molecule has 0 atom stereocenters. The van der Waals surface area contributed by atoms with Crippen LogP contribution in [0.25, 0.3) is 12.2 Å². The Kier molecular flexibility index (Phi) is 4.64. The molecule has 0 saturated heterocycles. The van der Waals surface area contributed by atoms with Crippen molar-refractivity contribution in [1.29, 1.82) is 0 Å². The van der Waals surface area contributed by atoms with E-state index in [4.69, 9.17) is 0 Å². The van der Waals surface area contributed by atoms with Gasteiger partial charge in [-0.3, -0.25) is 9.97 Å². The highest BCUT2D eigenvalue weighted by Gasteiger charge is 1.81. The Morgan fingerprint density at radius 1 is 0.556 bits per heavy atom. The van der Waals surface area contributed by atoms with Gasteiger partial charge < -0.3 is 0 Å². The summed E-state index contributed by atoms with van der Waals surface area (Å²) in [5.74, 6) is 0. The molecule has 0 aliphatic carbocycles. The Hall–Kier alpha value is -2.48. The first kappa shape index (κ1) is 12.0. The standard InChI is InChI=1S/C16H14N2/c1(3-5-15-7-11-17-12-8-15)2-4-6-16-9-13-18-14-10-16/h1-14H/b2-1?,5-3+,6-4?. The SMILES string of the molecule is C(C=Cc1ccncc1)=C/C=C/c1ccncc1. The number of nitrogens with zero attached hydrogens (tertiary/aromatic N) is 2. The van der Waals surface area contributed by atoms with Crippen molar-refractivity contribution in [1.82, 2.24) is 9.97 Å². The highest BCUT2D eigenvalue weighted by molar-refractivity contribution is 5.52. The fourth-order valence-corrected chi connectivity index (χ4v) is 1.41. The fourth-order valence-electron chi connectivity index (χ4n) is 1.41. The molecule has 0 amide bonds. The number of aromatic nitrogens is 2. The molecule has 0 fully saturated rings. The van der Waals surface area contributed by atoms with Crippen molar-refractivity contribution in [2.75, 3.05) is 0 Å². The van der Waals surface area contributed by atoms with Crippen LogP contribution in [0.3, 0.4) is 0 Å². The highest BCUT2D eigenvalue weighted by atomic mass is 14.6. The minimum absolute atomic E-state index is 1.15. The Labute approximate surface area is 107 Å². The monoisotopic (exact) mass is 234 g/mol. The second-order valence-corrected chi connectivity index (χ2v) is 3.66. The van der Waals surface area contributed by atoms with Crippen LogP contribution in [0.1, 0.15) is 11.1 Å². The van der Waals surface area contributed by atoms with Gasteiger partial charge in [-0.05, 0) is 35.4 Å². The third kappa shape index (κ3) is 4.18. The summed E-state index contributed by atoms with van der Waals surface area (Å²) in [6.07, 6.45) is 19.2. The van der Waals surface area contributed by atoms with Gasteiger partial charge in [0.05, 0.1) is 0 Å². The Balaban J connectivity index is 1.86. The molecule has 2 aromatic rings. The summed E-state index contributed by atoms with van der Waals surface area (Å²) < 4.78 is 0. The lowest BCUT2D eigenvalue weighted by molar-refractivity contribution is 1.32. The van der Waals surface area contributed by atoms with E-state index in [0.717, 1.165) is 11.1 Å². The highest BCUT2D eigenvalue weighted by Crippen LogP contribution is 2.00. The first-order valence-corrected chi connectivity index (χ1v) is 5.76. The molecular weight excluding hydrogens is 220 g/mol. The second kappa shape index (κ2) is 6.97. The van der Waals surface area contributed by atoms with Crippen LogP contribution in [0.5, 0.6) is 0 Å². The zero-order valence-corrected chi connectivity index (χ0v) is 9.98. The van der Waals surface area contributed by atoms with Crippen LogP contribution < -0.4 is 0 Å². The predicted octanol–water partition coefficient (Wildman–Crippen LogP) is 3.76. The average Bonchev–Trinajstić information content (AvgIpc) is 2.45. The van der Waals surface area contributed by atoms with Gasteiger partial charge in [-0.1, -0.05) is 36.5 Å². The molecule has 0 spiro atoms. The van der Waals surface area contributed by atoms with Gasteiger partial charge in [0.25, 0.3) is 0 Å². The van der Waals surface area contributed by atoms with Crippen LogP contribution in [0.15, 0.2) is 73.4 Å². The van der Waals surface area contributed by atoms with E-state index in [0.29, 0.717) is 0 Å². The van der Waals surface area contributed by atoms with Crippen molar-refractivity contribution < 1.29 is 0 Å². The molecule has 2 nitrogen and oxygen atoms in total. The van der Waals surface area contributed by atoms with Crippen molar-refractivity contribution in [3.05, 3.63) is 84.5 Å². The topological polar surface area (TPSA) is 25.8 Å². The van der Waals surface area contributed by atoms with Crippen molar-refractivity contribution in [3.63, 3.8) is 0 Å². The van der Waals surface area contributed by atoms with Crippen molar-refractivity contribution >= 4 is 12.2 Å². The molecule has 88 valence electrons. The molecule has 2 heteroatoms. The maximum Gasteiger partial charge on any atom is 0.0273 e. The molecule has 2 heterocycles. The van der Waals surface area contributed by atoms with E-state index in [-0.39, 0.29) is 0 Å². The third-order valence-electron chi connectivity index (χ3n) is 2.32. The second-order valence-electron chi connectivity index (χ2n) is 3.66. The zero-order chi connectivity index (χ0) is 12.5. The van der Waals surface area contributed by atoms with E-state index >= 15 is 0 Å². The summed E-state index contributed by atoms with van der Waals surface area (Å²) in [5, 5.41) is 0. The molecule has 2 rings (SSSR count). The first-order valence-electron chi connectivity index (χ1n) is 5.76. The van der Waals surface area contributed by atoms with Crippen LogP contribution in [0.4, 0.5) is 0 Å². The lowest BCUT2D eigenvalue weighted by Crippen LogP contribution is -1.71. The van der Waals surface area contributed by atoms with E-state index < -0.39 is 0 Å². The summed E-state index contributed by atoms with van der Waals surface area (Å²) in [5.41, 5.74) is 2.29. The Morgan fingerprint density at radius 2 is 0.944 bits per heavy atom. The molecular formula is C16H14N2. The fraction of sp³-hybridized carbons (Fsp3) is 0. The van der Waals surface area contributed by atoms with Crippen LogP contribution in [-0.2, 0) is 0 Å². The van der Waals surface area contributed by atoms with Gasteiger partial charge >= 0.3 is 0 Å². The van der Waals surface area contributed by atoms with Gasteiger partial charge in [0.2, 0.25) is 0 Å². The van der Waals surface area contributed by atoms with Gasteiger partial charge in [0, 0.05) is 24.8 Å².